The van der Waals surface area contributed by atoms with Crippen LogP contribution in [0, 0.1) is 11.8 Å². The van der Waals surface area contributed by atoms with E-state index in [2.05, 4.69) is 5.32 Å². The minimum atomic E-state index is -0.748. The first-order chi connectivity index (χ1) is 17.7. The first-order valence-electron chi connectivity index (χ1n) is 11.7. The average molecular weight is 547 g/mol. The lowest BCUT2D eigenvalue weighted by Crippen LogP contribution is -2.34. The predicted molar refractivity (Wildman–Crippen MR) is 136 cm³/mol. The van der Waals surface area contributed by atoms with Gasteiger partial charge in [0.15, 0.2) is 6.61 Å². The molecule has 0 spiro atoms. The number of imide groups is 1. The van der Waals surface area contributed by atoms with Crippen molar-refractivity contribution in [1.82, 2.24) is 0 Å². The van der Waals surface area contributed by atoms with E-state index in [9.17, 15) is 24.0 Å². The molecule has 2 aromatic carbocycles. The molecule has 2 aliphatic rings. The molecule has 0 unspecified atom stereocenters. The van der Waals surface area contributed by atoms with Gasteiger partial charge in [0.1, 0.15) is 0 Å². The highest BCUT2D eigenvalue weighted by atomic mass is 35.5. The third-order valence-corrected chi connectivity index (χ3v) is 7.38. The number of esters is 2. The fourth-order valence-corrected chi connectivity index (χ4v) is 5.00. The number of amides is 3. The maximum absolute atomic E-state index is 12.9. The molecule has 1 aliphatic carbocycles. The second-order valence-electron chi connectivity index (χ2n) is 8.70. The van der Waals surface area contributed by atoms with Crippen molar-refractivity contribution in [3.8, 4) is 0 Å². The number of carbonyl (C=O) groups is 5. The van der Waals surface area contributed by atoms with Crippen LogP contribution in [-0.2, 0) is 23.9 Å². The maximum Gasteiger partial charge on any atom is 0.338 e. The third kappa shape index (κ3) is 5.78. The number of alkyl halides is 2. The minimum absolute atomic E-state index is 0.147. The van der Waals surface area contributed by atoms with Crippen molar-refractivity contribution in [1.29, 1.82) is 0 Å². The van der Waals surface area contributed by atoms with Crippen LogP contribution in [0.3, 0.4) is 0 Å². The van der Waals surface area contributed by atoms with E-state index in [-0.39, 0.29) is 34.7 Å². The van der Waals surface area contributed by atoms with Crippen LogP contribution in [-0.4, -0.2) is 53.6 Å². The summed E-state index contributed by atoms with van der Waals surface area (Å²) in [6, 6.07) is 11.9. The van der Waals surface area contributed by atoms with Crippen molar-refractivity contribution in [3.63, 3.8) is 0 Å². The zero-order valence-corrected chi connectivity index (χ0v) is 21.3. The first kappa shape index (κ1) is 26.6. The summed E-state index contributed by atoms with van der Waals surface area (Å²) in [6.45, 7) is 1.42. The van der Waals surface area contributed by atoms with E-state index in [1.54, 1.807) is 6.92 Å². The Labute approximate surface area is 223 Å². The van der Waals surface area contributed by atoms with Crippen molar-refractivity contribution in [3.05, 3.63) is 59.7 Å². The van der Waals surface area contributed by atoms with Gasteiger partial charge >= 0.3 is 11.9 Å². The Hall–Kier alpha value is -3.43. The van der Waals surface area contributed by atoms with Crippen molar-refractivity contribution >= 4 is 64.2 Å². The quantitative estimate of drug-likeness (QED) is 0.319. The van der Waals surface area contributed by atoms with Gasteiger partial charge in [-0.15, -0.1) is 23.2 Å². The molecule has 2 aromatic rings. The van der Waals surface area contributed by atoms with Crippen LogP contribution < -0.4 is 10.2 Å². The summed E-state index contributed by atoms with van der Waals surface area (Å²) < 4.78 is 9.97. The van der Waals surface area contributed by atoms with Gasteiger partial charge in [0.25, 0.3) is 5.91 Å². The number of hydrogen-bond acceptors (Lipinski definition) is 7. The summed E-state index contributed by atoms with van der Waals surface area (Å²) in [4.78, 5) is 63.1. The molecule has 2 fully saturated rings. The van der Waals surface area contributed by atoms with Gasteiger partial charge in [-0.3, -0.25) is 19.3 Å². The van der Waals surface area contributed by atoms with Crippen molar-refractivity contribution in [2.24, 2.45) is 11.8 Å². The molecular formula is C26H24Cl2N2O7. The normalized spacial score (nSPS) is 22.8. The predicted octanol–water partition coefficient (Wildman–Crippen LogP) is 3.77. The zero-order valence-electron chi connectivity index (χ0n) is 19.8. The van der Waals surface area contributed by atoms with Gasteiger partial charge in [0, 0.05) is 5.69 Å². The van der Waals surface area contributed by atoms with E-state index in [4.69, 9.17) is 32.7 Å². The van der Waals surface area contributed by atoms with Crippen LogP contribution in [0.4, 0.5) is 11.4 Å². The van der Waals surface area contributed by atoms with Crippen LogP contribution in [0.25, 0.3) is 0 Å². The third-order valence-electron chi connectivity index (χ3n) is 6.29. The highest BCUT2D eigenvalue weighted by Crippen LogP contribution is 2.43. The number of nitrogens with one attached hydrogen (secondary N) is 1. The molecule has 1 N–H and O–H groups in total. The largest absolute Gasteiger partial charge is 0.462 e. The fourth-order valence-electron chi connectivity index (χ4n) is 4.41. The summed E-state index contributed by atoms with van der Waals surface area (Å²) in [5.74, 6) is -3.45. The number of ether oxygens (including phenoxy) is 2. The molecule has 0 aromatic heterocycles. The standard InChI is InChI=1S/C26H24Cl2N2O7/c1-2-36-25(34)14-3-7-16(8-4-14)29-22(31)13-37-26(35)15-5-9-17(10-6-15)30-23(32)18-11-20(27)21(28)12-19(18)24(30)33/h3-10,18-21H,2,11-13H2,1H3,(H,29,31)/t18-,19+,20+,21-. The van der Waals surface area contributed by atoms with Crippen molar-refractivity contribution in [2.75, 3.05) is 23.4 Å². The van der Waals surface area contributed by atoms with E-state index >= 15 is 0 Å². The Kier molecular flexibility index (Phi) is 8.14. The van der Waals surface area contributed by atoms with Crippen LogP contribution in [0.15, 0.2) is 48.5 Å². The summed E-state index contributed by atoms with van der Waals surface area (Å²) in [6.07, 6.45) is 0.674. The summed E-state index contributed by atoms with van der Waals surface area (Å²) in [5, 5.41) is 1.81. The monoisotopic (exact) mass is 546 g/mol. The average Bonchev–Trinajstić information content (AvgIpc) is 3.12. The van der Waals surface area contributed by atoms with E-state index in [0.717, 1.165) is 4.90 Å². The molecule has 4 rings (SSSR count). The molecule has 4 atom stereocenters. The molecule has 0 radical (unpaired) electrons. The van der Waals surface area contributed by atoms with Gasteiger partial charge in [0.2, 0.25) is 11.8 Å². The Bertz CT molecular complexity index is 1190. The number of hydrogen-bond donors (Lipinski definition) is 1. The van der Waals surface area contributed by atoms with Gasteiger partial charge in [-0.2, -0.15) is 0 Å². The number of carbonyl (C=O) groups excluding carboxylic acids is 5. The Morgan fingerprint density at radius 3 is 1.84 bits per heavy atom. The highest BCUT2D eigenvalue weighted by Gasteiger charge is 2.52. The lowest BCUT2D eigenvalue weighted by atomic mass is 9.80. The highest BCUT2D eigenvalue weighted by molar-refractivity contribution is 6.31. The fraction of sp³-hybridized carbons (Fsp3) is 0.346. The molecule has 11 heteroatoms. The van der Waals surface area contributed by atoms with Gasteiger partial charge in [-0.1, -0.05) is 0 Å². The number of anilines is 2. The number of fused-ring (bicyclic) bond motifs is 1. The van der Waals surface area contributed by atoms with Crippen LogP contribution in [0.2, 0.25) is 0 Å². The SMILES string of the molecule is CCOC(=O)c1ccc(NC(=O)COC(=O)c2ccc(N3C(=O)[C@H]4C[C@@H](Cl)[C@@H](Cl)C[C@H]4C3=O)cc2)cc1. The van der Waals surface area contributed by atoms with E-state index in [0.29, 0.717) is 29.8 Å². The Balaban J connectivity index is 1.31. The summed E-state index contributed by atoms with van der Waals surface area (Å²) in [7, 11) is 0. The second kappa shape index (κ2) is 11.3. The molecule has 0 bridgehead atoms. The number of benzene rings is 2. The second-order valence-corrected chi connectivity index (χ2v) is 9.82. The number of halogens is 2. The van der Waals surface area contributed by atoms with Crippen LogP contribution >= 0.6 is 23.2 Å². The van der Waals surface area contributed by atoms with Gasteiger partial charge in [0.05, 0.1) is 46.0 Å². The lowest BCUT2D eigenvalue weighted by Gasteiger charge is -2.28. The summed E-state index contributed by atoms with van der Waals surface area (Å²) in [5.41, 5.74) is 1.24. The molecule has 3 amide bonds. The lowest BCUT2D eigenvalue weighted by molar-refractivity contribution is -0.122. The molecule has 9 nitrogen and oxygen atoms in total. The maximum atomic E-state index is 12.9. The topological polar surface area (TPSA) is 119 Å². The summed E-state index contributed by atoms with van der Waals surface area (Å²) >= 11 is 12.4. The molecule has 1 saturated heterocycles. The molecule has 1 heterocycles. The van der Waals surface area contributed by atoms with Crippen molar-refractivity contribution in [2.45, 2.75) is 30.5 Å². The van der Waals surface area contributed by atoms with E-state index in [1.165, 1.54) is 48.5 Å². The van der Waals surface area contributed by atoms with Gasteiger partial charge < -0.3 is 14.8 Å². The van der Waals surface area contributed by atoms with E-state index < -0.39 is 36.3 Å². The molecule has 1 aliphatic heterocycles. The molecule has 1 saturated carbocycles. The first-order valence-corrected chi connectivity index (χ1v) is 12.6. The number of nitrogens with zero attached hydrogens (tertiary/aromatic N) is 1. The van der Waals surface area contributed by atoms with Crippen molar-refractivity contribution < 1.29 is 33.4 Å². The minimum Gasteiger partial charge on any atom is -0.462 e. The smallest absolute Gasteiger partial charge is 0.338 e. The Morgan fingerprint density at radius 2 is 1.32 bits per heavy atom. The Morgan fingerprint density at radius 1 is 0.838 bits per heavy atom. The molecule has 194 valence electrons. The molecule has 37 heavy (non-hydrogen) atoms. The van der Waals surface area contributed by atoms with E-state index in [1.807, 2.05) is 0 Å². The van der Waals surface area contributed by atoms with Gasteiger partial charge in [-0.25, -0.2) is 9.59 Å². The zero-order chi connectivity index (χ0) is 26.7. The molecular weight excluding hydrogens is 523 g/mol. The number of rotatable bonds is 7. The van der Waals surface area contributed by atoms with Crippen LogP contribution in [0.1, 0.15) is 40.5 Å². The van der Waals surface area contributed by atoms with Crippen LogP contribution in [0.5, 0.6) is 0 Å². The van der Waals surface area contributed by atoms with Gasteiger partial charge in [-0.05, 0) is 68.3 Å².